The second-order valence-electron chi connectivity index (χ2n) is 7.89. The number of hydrogen-bond donors (Lipinski definition) is 0. The maximum absolute atomic E-state index is 13.9. The molecule has 2 rings (SSSR count). The SMILES string of the molecule is CCC(C(=O)C(CC)C(=CN(C)C)c1ccncc1)C(=CN(C)C)c1ccncc1. The number of Topliss-reactive ketones (excluding diaryl/α,β-unsaturated/α-hetero) is 1. The molecule has 0 saturated carbocycles. The van der Waals surface area contributed by atoms with Gasteiger partial charge in [-0.3, -0.25) is 14.8 Å². The van der Waals surface area contributed by atoms with Gasteiger partial charge in [0, 0.05) is 77.2 Å². The molecule has 0 saturated heterocycles. The topological polar surface area (TPSA) is 49.3 Å². The Bertz CT molecular complexity index is 786. The Labute approximate surface area is 181 Å². The van der Waals surface area contributed by atoms with E-state index in [1.165, 1.54) is 0 Å². The van der Waals surface area contributed by atoms with E-state index in [2.05, 4.69) is 36.2 Å². The molecule has 0 fully saturated rings. The smallest absolute Gasteiger partial charge is 0.147 e. The number of hydrogen-bond acceptors (Lipinski definition) is 5. The molecule has 0 bridgehead atoms. The molecule has 5 nitrogen and oxygen atoms in total. The second-order valence-corrected chi connectivity index (χ2v) is 7.89. The van der Waals surface area contributed by atoms with Crippen molar-refractivity contribution in [1.82, 2.24) is 19.8 Å². The Morgan fingerprint density at radius 1 is 0.767 bits per heavy atom. The van der Waals surface area contributed by atoms with E-state index in [-0.39, 0.29) is 17.6 Å². The number of aromatic nitrogens is 2. The van der Waals surface area contributed by atoms with E-state index >= 15 is 0 Å². The van der Waals surface area contributed by atoms with Crippen LogP contribution in [0, 0.1) is 11.8 Å². The molecule has 160 valence electrons. The number of carbonyl (C=O) groups excluding carboxylic acids is 1. The first-order valence-electron chi connectivity index (χ1n) is 10.5. The molecule has 2 heterocycles. The molecule has 2 unspecified atom stereocenters. The highest BCUT2D eigenvalue weighted by atomic mass is 16.1. The van der Waals surface area contributed by atoms with Crippen LogP contribution in [0.3, 0.4) is 0 Å². The number of nitrogens with zero attached hydrogens (tertiary/aromatic N) is 4. The van der Waals surface area contributed by atoms with E-state index in [0.717, 1.165) is 35.1 Å². The molecule has 0 aliphatic carbocycles. The monoisotopic (exact) mass is 406 g/mol. The molecule has 30 heavy (non-hydrogen) atoms. The van der Waals surface area contributed by atoms with E-state index in [4.69, 9.17) is 0 Å². The molecule has 2 aromatic rings. The maximum Gasteiger partial charge on any atom is 0.147 e. The van der Waals surface area contributed by atoms with Gasteiger partial charge in [-0.2, -0.15) is 0 Å². The van der Waals surface area contributed by atoms with Crippen molar-refractivity contribution in [3.63, 3.8) is 0 Å². The Balaban J connectivity index is 2.53. The van der Waals surface area contributed by atoms with Crippen LogP contribution in [0.4, 0.5) is 0 Å². The van der Waals surface area contributed by atoms with Crippen molar-refractivity contribution in [2.75, 3.05) is 28.2 Å². The van der Waals surface area contributed by atoms with Gasteiger partial charge in [0.1, 0.15) is 5.78 Å². The summed E-state index contributed by atoms with van der Waals surface area (Å²) in [7, 11) is 7.96. The molecule has 0 N–H and O–H groups in total. The summed E-state index contributed by atoms with van der Waals surface area (Å²) in [6.07, 6.45) is 12.7. The van der Waals surface area contributed by atoms with Crippen LogP contribution in [0.15, 0.2) is 61.5 Å². The molecule has 2 aromatic heterocycles. The first-order chi connectivity index (χ1) is 14.4. The van der Waals surface area contributed by atoms with Gasteiger partial charge < -0.3 is 9.80 Å². The first-order valence-corrected chi connectivity index (χ1v) is 10.5. The van der Waals surface area contributed by atoms with Gasteiger partial charge in [0.2, 0.25) is 0 Å². The van der Waals surface area contributed by atoms with E-state index in [1.54, 1.807) is 24.8 Å². The molecule has 0 spiro atoms. The minimum Gasteiger partial charge on any atom is -0.383 e. The highest BCUT2D eigenvalue weighted by molar-refractivity contribution is 6.01. The van der Waals surface area contributed by atoms with Crippen LogP contribution in [0.5, 0.6) is 0 Å². The number of allylic oxidation sites excluding steroid dienone is 2. The highest BCUT2D eigenvalue weighted by Crippen LogP contribution is 2.35. The van der Waals surface area contributed by atoms with Crippen molar-refractivity contribution in [3.8, 4) is 0 Å². The Kier molecular flexibility index (Phi) is 8.78. The summed E-state index contributed by atoms with van der Waals surface area (Å²) >= 11 is 0. The summed E-state index contributed by atoms with van der Waals surface area (Å²) in [5.74, 6) is -0.158. The van der Waals surface area contributed by atoms with Gasteiger partial charge >= 0.3 is 0 Å². The van der Waals surface area contributed by atoms with Crippen molar-refractivity contribution in [2.24, 2.45) is 11.8 Å². The zero-order chi connectivity index (χ0) is 22.1. The third-order valence-electron chi connectivity index (χ3n) is 5.08. The second kappa shape index (κ2) is 11.3. The summed E-state index contributed by atoms with van der Waals surface area (Å²) in [5.41, 5.74) is 4.14. The van der Waals surface area contributed by atoms with Crippen molar-refractivity contribution >= 4 is 16.9 Å². The molecule has 0 radical (unpaired) electrons. The first kappa shape index (κ1) is 23.3. The normalized spacial score (nSPS) is 14.2. The third-order valence-corrected chi connectivity index (χ3v) is 5.08. The van der Waals surface area contributed by atoms with Crippen molar-refractivity contribution < 1.29 is 4.79 Å². The highest BCUT2D eigenvalue weighted by Gasteiger charge is 2.31. The fourth-order valence-corrected chi connectivity index (χ4v) is 3.77. The lowest BCUT2D eigenvalue weighted by Crippen LogP contribution is -2.27. The zero-order valence-electron chi connectivity index (χ0n) is 19.0. The summed E-state index contributed by atoms with van der Waals surface area (Å²) in [4.78, 5) is 26.2. The molecule has 0 aromatic carbocycles. The lowest BCUT2D eigenvalue weighted by molar-refractivity contribution is -0.123. The van der Waals surface area contributed by atoms with Crippen molar-refractivity contribution in [2.45, 2.75) is 26.7 Å². The molecule has 5 heteroatoms. The third kappa shape index (κ3) is 6.02. The van der Waals surface area contributed by atoms with Gasteiger partial charge in [-0.25, -0.2) is 0 Å². The van der Waals surface area contributed by atoms with E-state index in [0.29, 0.717) is 0 Å². The van der Waals surface area contributed by atoms with Crippen LogP contribution in [0.1, 0.15) is 37.8 Å². The molecule has 0 aliphatic rings. The predicted octanol–water partition coefficient (Wildman–Crippen LogP) is 4.60. The molecule has 0 amide bonds. The Morgan fingerprint density at radius 2 is 1.10 bits per heavy atom. The lowest BCUT2D eigenvalue weighted by Gasteiger charge is -2.27. The summed E-state index contributed by atoms with van der Waals surface area (Å²) in [5, 5.41) is 0. The van der Waals surface area contributed by atoms with Crippen LogP contribution in [-0.2, 0) is 4.79 Å². The molecular weight excluding hydrogens is 372 g/mol. The van der Waals surface area contributed by atoms with E-state index in [9.17, 15) is 4.79 Å². The van der Waals surface area contributed by atoms with Crippen LogP contribution in [0.25, 0.3) is 11.1 Å². The van der Waals surface area contributed by atoms with Crippen LogP contribution in [0.2, 0.25) is 0 Å². The number of ketones is 1. The minimum absolute atomic E-state index is 0.202. The molecular formula is C25H34N4O. The molecule has 0 aliphatic heterocycles. The largest absolute Gasteiger partial charge is 0.383 e. The van der Waals surface area contributed by atoms with E-state index in [1.807, 2.05) is 62.3 Å². The van der Waals surface area contributed by atoms with Gasteiger partial charge in [0.05, 0.1) is 0 Å². The fourth-order valence-electron chi connectivity index (χ4n) is 3.77. The average molecular weight is 407 g/mol. The van der Waals surface area contributed by atoms with E-state index < -0.39 is 0 Å². The maximum atomic E-state index is 13.9. The van der Waals surface area contributed by atoms with Gasteiger partial charge in [-0.1, -0.05) is 13.8 Å². The van der Waals surface area contributed by atoms with Crippen molar-refractivity contribution in [1.29, 1.82) is 0 Å². The van der Waals surface area contributed by atoms with Gasteiger partial charge in [0.15, 0.2) is 0 Å². The minimum atomic E-state index is -0.202. The Hall–Kier alpha value is -2.95. The standard InChI is InChI=1S/C25H34N4O/c1-7-21(23(17-28(3)4)19-9-13-26-14-10-19)25(30)22(8-2)24(18-29(5)6)20-11-15-27-16-12-20/h9-18,21-22H,7-8H2,1-6H3. The quantitative estimate of drug-likeness (QED) is 0.577. The van der Waals surface area contributed by atoms with Gasteiger partial charge in [-0.15, -0.1) is 0 Å². The lowest BCUT2D eigenvalue weighted by atomic mass is 9.77. The van der Waals surface area contributed by atoms with Crippen LogP contribution in [-0.4, -0.2) is 53.7 Å². The average Bonchev–Trinajstić information content (AvgIpc) is 2.74. The van der Waals surface area contributed by atoms with Crippen LogP contribution >= 0.6 is 0 Å². The van der Waals surface area contributed by atoms with Crippen LogP contribution < -0.4 is 0 Å². The van der Waals surface area contributed by atoms with Gasteiger partial charge in [0.25, 0.3) is 0 Å². The molecule has 2 atom stereocenters. The van der Waals surface area contributed by atoms with Crippen molar-refractivity contribution in [3.05, 3.63) is 72.6 Å². The predicted molar refractivity (Wildman–Crippen MR) is 124 cm³/mol. The Morgan fingerprint density at radius 3 is 1.37 bits per heavy atom. The zero-order valence-corrected chi connectivity index (χ0v) is 19.0. The summed E-state index contributed by atoms with van der Waals surface area (Å²) in [6, 6.07) is 7.91. The van der Waals surface area contributed by atoms with Gasteiger partial charge in [-0.05, 0) is 59.4 Å². The number of carbonyl (C=O) groups is 1. The summed E-state index contributed by atoms with van der Waals surface area (Å²) < 4.78 is 0. The summed E-state index contributed by atoms with van der Waals surface area (Å²) in [6.45, 7) is 4.17. The number of pyridine rings is 2. The number of rotatable bonds is 10. The fraction of sp³-hybridized carbons (Fsp3) is 0.400.